The molecule has 2 rings (SSSR count). The zero-order valence-corrected chi connectivity index (χ0v) is 10.4. The molecule has 20 heavy (non-hydrogen) atoms. The highest BCUT2D eigenvalue weighted by molar-refractivity contribution is 6.31. The summed E-state index contributed by atoms with van der Waals surface area (Å²) in [6, 6.07) is 6.68. The van der Waals surface area contributed by atoms with E-state index in [9.17, 15) is 22.0 Å². The van der Waals surface area contributed by atoms with Crippen LogP contribution >= 0.6 is 11.6 Å². The maximum absolute atomic E-state index is 13.8. The Labute approximate surface area is 115 Å². The summed E-state index contributed by atoms with van der Waals surface area (Å²) in [4.78, 5) is 0. The van der Waals surface area contributed by atoms with Crippen LogP contribution in [0.1, 0.15) is 0 Å². The molecule has 0 saturated carbocycles. The van der Waals surface area contributed by atoms with Gasteiger partial charge in [-0.1, -0.05) is 23.7 Å². The third kappa shape index (κ3) is 3.19. The Bertz CT molecular complexity index is 639. The smallest absolute Gasteiger partial charge is 0.406 e. The van der Waals surface area contributed by atoms with Gasteiger partial charge in [-0.05, 0) is 29.8 Å². The average Bonchev–Trinajstić information content (AvgIpc) is 2.34. The van der Waals surface area contributed by atoms with Crippen molar-refractivity contribution in [2.75, 3.05) is 0 Å². The molecule has 0 bridgehead atoms. The molecule has 0 atom stereocenters. The third-order valence-electron chi connectivity index (χ3n) is 2.41. The second kappa shape index (κ2) is 5.28. The van der Waals surface area contributed by atoms with Crippen molar-refractivity contribution < 1.29 is 26.7 Å². The van der Waals surface area contributed by atoms with E-state index in [4.69, 9.17) is 11.6 Å². The molecule has 1 nitrogen and oxygen atoms in total. The molecule has 0 aliphatic rings. The fourth-order valence-corrected chi connectivity index (χ4v) is 1.77. The molecule has 0 aromatic heterocycles. The van der Waals surface area contributed by atoms with Crippen molar-refractivity contribution in [3.05, 3.63) is 53.1 Å². The van der Waals surface area contributed by atoms with E-state index >= 15 is 0 Å². The van der Waals surface area contributed by atoms with Gasteiger partial charge in [0.1, 0.15) is 16.6 Å². The standard InChI is InChI=1S/C13H6ClF5O/c14-11-10(15)5-4-9(12(11)16)7-2-1-3-8(6-7)20-13(17,18)19/h1-6H. The first-order valence-electron chi connectivity index (χ1n) is 5.27. The Balaban J connectivity index is 2.44. The molecule has 2 aromatic rings. The minimum atomic E-state index is -4.85. The Kier molecular flexibility index (Phi) is 3.85. The van der Waals surface area contributed by atoms with Gasteiger partial charge in [0.05, 0.1) is 0 Å². The van der Waals surface area contributed by atoms with Gasteiger partial charge in [-0.3, -0.25) is 0 Å². The summed E-state index contributed by atoms with van der Waals surface area (Å²) in [6.45, 7) is 0. The van der Waals surface area contributed by atoms with Crippen LogP contribution in [0.4, 0.5) is 22.0 Å². The summed E-state index contributed by atoms with van der Waals surface area (Å²) in [5, 5.41) is -0.718. The predicted molar refractivity (Wildman–Crippen MR) is 63.5 cm³/mol. The van der Waals surface area contributed by atoms with Crippen LogP contribution in [0.2, 0.25) is 5.02 Å². The molecule has 0 amide bonds. The second-order valence-corrected chi connectivity index (χ2v) is 4.18. The minimum absolute atomic E-state index is 0.0890. The van der Waals surface area contributed by atoms with Crippen LogP contribution in [0.5, 0.6) is 5.75 Å². The first-order chi connectivity index (χ1) is 9.28. The van der Waals surface area contributed by atoms with E-state index in [2.05, 4.69) is 4.74 Å². The highest BCUT2D eigenvalue weighted by Gasteiger charge is 2.31. The van der Waals surface area contributed by atoms with E-state index in [0.29, 0.717) is 0 Å². The number of ether oxygens (including phenoxy) is 1. The van der Waals surface area contributed by atoms with E-state index in [1.807, 2.05) is 0 Å². The van der Waals surface area contributed by atoms with Gasteiger partial charge in [0.15, 0.2) is 5.82 Å². The van der Waals surface area contributed by atoms with E-state index in [-0.39, 0.29) is 11.1 Å². The van der Waals surface area contributed by atoms with Gasteiger partial charge < -0.3 is 4.74 Å². The number of hydrogen-bond donors (Lipinski definition) is 0. The lowest BCUT2D eigenvalue weighted by Crippen LogP contribution is -2.17. The maximum atomic E-state index is 13.8. The van der Waals surface area contributed by atoms with Gasteiger partial charge >= 0.3 is 6.36 Å². The van der Waals surface area contributed by atoms with E-state index in [0.717, 1.165) is 24.3 Å². The lowest BCUT2D eigenvalue weighted by atomic mass is 10.0. The number of alkyl halides is 3. The summed E-state index contributed by atoms with van der Waals surface area (Å²) in [6.07, 6.45) is -4.85. The summed E-state index contributed by atoms with van der Waals surface area (Å²) in [5.74, 6) is -2.50. The minimum Gasteiger partial charge on any atom is -0.406 e. The third-order valence-corrected chi connectivity index (χ3v) is 2.76. The van der Waals surface area contributed by atoms with Crippen molar-refractivity contribution in [3.8, 4) is 16.9 Å². The highest BCUT2D eigenvalue weighted by Crippen LogP contribution is 2.32. The van der Waals surface area contributed by atoms with Gasteiger partial charge in [-0.25, -0.2) is 8.78 Å². The zero-order valence-electron chi connectivity index (χ0n) is 9.64. The quantitative estimate of drug-likeness (QED) is 0.548. The monoisotopic (exact) mass is 308 g/mol. The number of benzene rings is 2. The molecule has 0 unspecified atom stereocenters. The molecule has 0 aliphatic carbocycles. The summed E-state index contributed by atoms with van der Waals surface area (Å²) >= 11 is 5.42. The van der Waals surface area contributed by atoms with Crippen LogP contribution in [-0.4, -0.2) is 6.36 Å². The Morgan fingerprint density at radius 2 is 1.70 bits per heavy atom. The lowest BCUT2D eigenvalue weighted by molar-refractivity contribution is -0.274. The molecular weight excluding hydrogens is 303 g/mol. The van der Waals surface area contributed by atoms with Crippen LogP contribution < -0.4 is 4.74 Å². The first-order valence-corrected chi connectivity index (χ1v) is 5.65. The number of halogens is 6. The number of hydrogen-bond acceptors (Lipinski definition) is 1. The molecule has 0 heterocycles. The van der Waals surface area contributed by atoms with Gasteiger partial charge in [0.2, 0.25) is 0 Å². The van der Waals surface area contributed by atoms with Gasteiger partial charge in [0, 0.05) is 5.56 Å². The van der Waals surface area contributed by atoms with Crippen molar-refractivity contribution in [2.45, 2.75) is 6.36 Å². The molecule has 0 fully saturated rings. The Hall–Kier alpha value is -1.82. The average molecular weight is 309 g/mol. The van der Waals surface area contributed by atoms with Crippen LogP contribution in [0.25, 0.3) is 11.1 Å². The predicted octanol–water partition coefficient (Wildman–Crippen LogP) is 5.18. The topological polar surface area (TPSA) is 9.23 Å². The molecular formula is C13H6ClF5O. The van der Waals surface area contributed by atoms with Gasteiger partial charge in [-0.2, -0.15) is 0 Å². The van der Waals surface area contributed by atoms with Crippen LogP contribution in [0.15, 0.2) is 36.4 Å². The van der Waals surface area contributed by atoms with Crippen molar-refractivity contribution in [2.24, 2.45) is 0 Å². The van der Waals surface area contributed by atoms with E-state index < -0.39 is 28.8 Å². The normalized spacial score (nSPS) is 11.5. The molecule has 0 N–H and O–H groups in total. The van der Waals surface area contributed by atoms with Crippen molar-refractivity contribution in [3.63, 3.8) is 0 Å². The largest absolute Gasteiger partial charge is 0.573 e. The summed E-state index contributed by atoms with van der Waals surface area (Å²) in [5.41, 5.74) is -0.0322. The summed E-state index contributed by atoms with van der Waals surface area (Å²) < 4.78 is 66.9. The fraction of sp³-hybridized carbons (Fsp3) is 0.0769. The SMILES string of the molecule is Fc1ccc(-c2cccc(OC(F)(F)F)c2)c(F)c1Cl. The summed E-state index contributed by atoms with van der Waals surface area (Å²) in [7, 11) is 0. The Morgan fingerprint density at radius 1 is 1.00 bits per heavy atom. The maximum Gasteiger partial charge on any atom is 0.573 e. The molecule has 2 aromatic carbocycles. The zero-order chi connectivity index (χ0) is 14.9. The van der Waals surface area contributed by atoms with Gasteiger partial charge in [-0.15, -0.1) is 13.2 Å². The number of rotatable bonds is 2. The van der Waals surface area contributed by atoms with Crippen LogP contribution in [-0.2, 0) is 0 Å². The van der Waals surface area contributed by atoms with Crippen molar-refractivity contribution in [1.82, 2.24) is 0 Å². The van der Waals surface area contributed by atoms with Crippen LogP contribution in [0, 0.1) is 11.6 Å². The first kappa shape index (κ1) is 14.6. The molecule has 0 radical (unpaired) electrons. The molecule has 7 heteroatoms. The van der Waals surface area contributed by atoms with Crippen molar-refractivity contribution >= 4 is 11.6 Å². The van der Waals surface area contributed by atoms with Gasteiger partial charge in [0.25, 0.3) is 0 Å². The van der Waals surface area contributed by atoms with Crippen molar-refractivity contribution in [1.29, 1.82) is 0 Å². The fourth-order valence-electron chi connectivity index (χ4n) is 1.61. The van der Waals surface area contributed by atoms with E-state index in [1.165, 1.54) is 12.1 Å². The van der Waals surface area contributed by atoms with E-state index in [1.54, 1.807) is 0 Å². The lowest BCUT2D eigenvalue weighted by Gasteiger charge is -2.11. The molecule has 0 aliphatic heterocycles. The molecule has 106 valence electrons. The Morgan fingerprint density at radius 3 is 2.35 bits per heavy atom. The highest BCUT2D eigenvalue weighted by atomic mass is 35.5. The van der Waals surface area contributed by atoms with Crippen LogP contribution in [0.3, 0.4) is 0 Å². The molecule has 0 spiro atoms. The second-order valence-electron chi connectivity index (χ2n) is 3.80. The molecule has 0 saturated heterocycles.